The molecule has 0 unspecified atom stereocenters. The van der Waals surface area contributed by atoms with Crippen molar-refractivity contribution in [3.05, 3.63) is 78.4 Å². The number of fused-ring (bicyclic) bond motifs is 1. The molecular weight excluding hydrogens is 330 g/mol. The molecule has 140 valence electrons. The number of hydrogen-bond donors (Lipinski definition) is 0. The van der Waals surface area contributed by atoms with Crippen LogP contribution in [0.25, 0.3) is 10.8 Å². The topological polar surface area (TPSA) is 12.5 Å². The Kier molecular flexibility index (Phi) is 6.06. The third-order valence-corrected chi connectivity index (χ3v) is 5.70. The first-order valence-electron chi connectivity index (χ1n) is 10.3. The van der Waals surface area contributed by atoms with Gasteiger partial charge in [-0.2, -0.15) is 0 Å². The summed E-state index contributed by atoms with van der Waals surface area (Å²) >= 11 is 0. The summed E-state index contributed by atoms with van der Waals surface area (Å²) in [5.41, 5.74) is 1.49. The summed E-state index contributed by atoms with van der Waals surface area (Å²) in [6.45, 7) is 4.39. The summed E-state index contributed by atoms with van der Waals surface area (Å²) in [5, 5.41) is 2.46. The molecule has 0 aromatic heterocycles. The average molecular weight is 360 g/mol. The lowest BCUT2D eigenvalue weighted by Gasteiger charge is -2.32. The summed E-state index contributed by atoms with van der Waals surface area (Å²) in [5.74, 6) is 1.85. The number of benzene rings is 3. The lowest BCUT2D eigenvalue weighted by molar-refractivity contribution is 0.171. The van der Waals surface area contributed by atoms with E-state index in [1.807, 2.05) is 0 Å². The molecule has 2 heteroatoms. The minimum absolute atomic E-state index is 0.790. The normalized spacial score (nSPS) is 15.9. The van der Waals surface area contributed by atoms with Gasteiger partial charge in [-0.15, -0.1) is 0 Å². The standard InChI is InChI=1S/C25H29NO/c1-2-8-21(9-3-1)20-22-14-17-26(18-15-22)16-7-19-27-25-13-6-11-23-10-4-5-12-24(23)25/h1-6,8-13,22H,7,14-20H2. The summed E-state index contributed by atoms with van der Waals surface area (Å²) < 4.78 is 6.08. The zero-order valence-electron chi connectivity index (χ0n) is 16.0. The molecule has 1 fully saturated rings. The van der Waals surface area contributed by atoms with Crippen molar-refractivity contribution < 1.29 is 4.74 Å². The van der Waals surface area contributed by atoms with E-state index in [-0.39, 0.29) is 0 Å². The molecule has 0 spiro atoms. The molecule has 27 heavy (non-hydrogen) atoms. The highest BCUT2D eigenvalue weighted by Gasteiger charge is 2.19. The molecule has 1 saturated heterocycles. The van der Waals surface area contributed by atoms with Gasteiger partial charge in [0.05, 0.1) is 6.61 Å². The molecule has 0 aliphatic carbocycles. The Labute approximate surface area is 162 Å². The minimum Gasteiger partial charge on any atom is -0.493 e. The Morgan fingerprint density at radius 3 is 2.41 bits per heavy atom. The summed E-state index contributed by atoms with van der Waals surface area (Å²) in [6, 6.07) is 25.7. The predicted molar refractivity (Wildman–Crippen MR) is 113 cm³/mol. The van der Waals surface area contributed by atoms with E-state index < -0.39 is 0 Å². The Hall–Kier alpha value is -2.32. The molecule has 3 aromatic rings. The first-order valence-corrected chi connectivity index (χ1v) is 10.3. The number of rotatable bonds is 7. The van der Waals surface area contributed by atoms with Gasteiger partial charge < -0.3 is 9.64 Å². The number of ether oxygens (including phenoxy) is 1. The van der Waals surface area contributed by atoms with Crippen LogP contribution in [0.4, 0.5) is 0 Å². The van der Waals surface area contributed by atoms with E-state index in [4.69, 9.17) is 4.74 Å². The minimum atomic E-state index is 0.790. The smallest absolute Gasteiger partial charge is 0.127 e. The lowest BCUT2D eigenvalue weighted by Crippen LogP contribution is -2.35. The number of nitrogens with zero attached hydrogens (tertiary/aromatic N) is 1. The molecule has 2 nitrogen and oxygen atoms in total. The van der Waals surface area contributed by atoms with Crippen molar-refractivity contribution in [1.82, 2.24) is 4.90 Å². The third kappa shape index (κ3) is 4.90. The molecule has 1 aliphatic rings. The Morgan fingerprint density at radius 1 is 0.815 bits per heavy atom. The second-order valence-electron chi connectivity index (χ2n) is 7.65. The van der Waals surface area contributed by atoms with Gasteiger partial charge in [-0.1, -0.05) is 66.7 Å². The number of hydrogen-bond acceptors (Lipinski definition) is 2. The summed E-state index contributed by atoms with van der Waals surface area (Å²) in [4.78, 5) is 2.61. The van der Waals surface area contributed by atoms with Crippen LogP contribution in [-0.4, -0.2) is 31.1 Å². The van der Waals surface area contributed by atoms with Crippen LogP contribution in [-0.2, 0) is 6.42 Å². The van der Waals surface area contributed by atoms with Gasteiger partial charge in [-0.25, -0.2) is 0 Å². The fourth-order valence-electron chi connectivity index (χ4n) is 4.15. The van der Waals surface area contributed by atoms with Crippen molar-refractivity contribution in [3.8, 4) is 5.75 Å². The van der Waals surface area contributed by atoms with Crippen molar-refractivity contribution in [2.45, 2.75) is 25.7 Å². The highest BCUT2D eigenvalue weighted by Crippen LogP contribution is 2.25. The van der Waals surface area contributed by atoms with Crippen molar-refractivity contribution in [2.75, 3.05) is 26.2 Å². The van der Waals surface area contributed by atoms with E-state index >= 15 is 0 Å². The molecule has 0 bridgehead atoms. The largest absolute Gasteiger partial charge is 0.493 e. The van der Waals surface area contributed by atoms with Crippen LogP contribution in [0.3, 0.4) is 0 Å². The molecule has 0 atom stereocenters. The monoisotopic (exact) mass is 359 g/mol. The first kappa shape index (κ1) is 18.1. The molecule has 0 saturated carbocycles. The van der Waals surface area contributed by atoms with Crippen LogP contribution in [0, 0.1) is 5.92 Å². The molecule has 4 rings (SSSR count). The zero-order valence-corrected chi connectivity index (χ0v) is 16.0. The Morgan fingerprint density at radius 2 is 1.56 bits per heavy atom. The molecule has 1 aliphatic heterocycles. The highest BCUT2D eigenvalue weighted by molar-refractivity contribution is 5.88. The molecular formula is C25H29NO. The first-order chi connectivity index (χ1) is 13.4. The predicted octanol–water partition coefficient (Wildman–Crippen LogP) is 5.56. The van der Waals surface area contributed by atoms with E-state index in [0.29, 0.717) is 0 Å². The fourth-order valence-corrected chi connectivity index (χ4v) is 4.15. The number of likely N-dealkylation sites (tertiary alicyclic amines) is 1. The van der Waals surface area contributed by atoms with Crippen LogP contribution < -0.4 is 4.74 Å². The van der Waals surface area contributed by atoms with Gasteiger partial charge in [0.2, 0.25) is 0 Å². The van der Waals surface area contributed by atoms with E-state index in [1.54, 1.807) is 0 Å². The molecule has 0 radical (unpaired) electrons. The molecule has 0 amide bonds. The van der Waals surface area contributed by atoms with E-state index in [2.05, 4.69) is 77.7 Å². The van der Waals surface area contributed by atoms with Crippen molar-refractivity contribution in [3.63, 3.8) is 0 Å². The van der Waals surface area contributed by atoms with E-state index in [1.165, 1.54) is 48.7 Å². The zero-order chi connectivity index (χ0) is 18.3. The van der Waals surface area contributed by atoms with Gasteiger partial charge >= 0.3 is 0 Å². The molecule has 1 heterocycles. The number of piperidine rings is 1. The van der Waals surface area contributed by atoms with Crippen molar-refractivity contribution in [2.24, 2.45) is 5.92 Å². The average Bonchev–Trinajstić information content (AvgIpc) is 2.73. The molecule has 0 N–H and O–H groups in total. The van der Waals surface area contributed by atoms with Crippen LogP contribution in [0.1, 0.15) is 24.8 Å². The second kappa shape index (κ2) is 9.05. The van der Waals surface area contributed by atoms with E-state index in [0.717, 1.165) is 31.2 Å². The van der Waals surface area contributed by atoms with Gasteiger partial charge in [0.15, 0.2) is 0 Å². The maximum atomic E-state index is 6.08. The van der Waals surface area contributed by atoms with Gasteiger partial charge in [0.25, 0.3) is 0 Å². The van der Waals surface area contributed by atoms with Crippen LogP contribution in [0.2, 0.25) is 0 Å². The fraction of sp³-hybridized carbons (Fsp3) is 0.360. The Balaban J connectivity index is 1.18. The van der Waals surface area contributed by atoms with Gasteiger partial charge in [0, 0.05) is 11.9 Å². The Bertz CT molecular complexity index is 832. The van der Waals surface area contributed by atoms with Gasteiger partial charge in [-0.3, -0.25) is 0 Å². The van der Waals surface area contributed by atoms with Gasteiger partial charge in [-0.05, 0) is 61.7 Å². The maximum Gasteiger partial charge on any atom is 0.127 e. The van der Waals surface area contributed by atoms with Crippen LogP contribution in [0.5, 0.6) is 5.75 Å². The van der Waals surface area contributed by atoms with Crippen molar-refractivity contribution in [1.29, 1.82) is 0 Å². The summed E-state index contributed by atoms with van der Waals surface area (Å²) in [6.07, 6.45) is 4.96. The molecule has 3 aromatic carbocycles. The quantitative estimate of drug-likeness (QED) is 0.512. The third-order valence-electron chi connectivity index (χ3n) is 5.70. The van der Waals surface area contributed by atoms with E-state index in [9.17, 15) is 0 Å². The lowest BCUT2D eigenvalue weighted by atomic mass is 9.90. The van der Waals surface area contributed by atoms with Gasteiger partial charge in [0.1, 0.15) is 5.75 Å². The second-order valence-corrected chi connectivity index (χ2v) is 7.65. The van der Waals surface area contributed by atoms with Crippen molar-refractivity contribution >= 4 is 10.8 Å². The highest BCUT2D eigenvalue weighted by atomic mass is 16.5. The van der Waals surface area contributed by atoms with Crippen LogP contribution in [0.15, 0.2) is 72.8 Å². The summed E-state index contributed by atoms with van der Waals surface area (Å²) in [7, 11) is 0. The maximum absolute atomic E-state index is 6.08. The SMILES string of the molecule is c1ccc(CC2CCN(CCCOc3cccc4ccccc34)CC2)cc1. The van der Waals surface area contributed by atoms with Crippen LogP contribution >= 0.6 is 0 Å².